The van der Waals surface area contributed by atoms with Gasteiger partial charge in [0.1, 0.15) is 5.75 Å². The lowest BCUT2D eigenvalue weighted by Gasteiger charge is -2.19. The van der Waals surface area contributed by atoms with Gasteiger partial charge < -0.3 is 15.9 Å². The molecule has 0 aromatic heterocycles. The van der Waals surface area contributed by atoms with E-state index in [9.17, 15) is 10.2 Å². The molecule has 4 heteroatoms. The first-order valence-corrected chi connectivity index (χ1v) is 6.11. The first-order valence-electron chi connectivity index (χ1n) is 5.06. The first kappa shape index (κ1) is 10.6. The van der Waals surface area contributed by atoms with Crippen LogP contribution in [0.25, 0.3) is 0 Å². The second-order valence-corrected chi connectivity index (χ2v) is 5.16. The van der Waals surface area contributed by atoms with Gasteiger partial charge in [-0.25, -0.2) is 0 Å². The lowest BCUT2D eigenvalue weighted by molar-refractivity contribution is 0.173. The molecule has 0 bridgehead atoms. The first-order chi connectivity index (χ1) is 7.18. The number of rotatable bonds is 2. The van der Waals surface area contributed by atoms with Crippen LogP contribution in [0.1, 0.15) is 24.5 Å². The molecule has 1 aromatic carbocycles. The molecule has 0 aliphatic carbocycles. The number of hydrogen-bond acceptors (Lipinski definition) is 4. The largest absolute Gasteiger partial charge is 0.508 e. The van der Waals surface area contributed by atoms with Crippen LogP contribution in [-0.2, 0) is 0 Å². The maximum absolute atomic E-state index is 10.1. The van der Waals surface area contributed by atoms with Crippen LogP contribution in [0.2, 0.25) is 0 Å². The van der Waals surface area contributed by atoms with Gasteiger partial charge in [0.15, 0.2) is 0 Å². The normalized spacial score (nSPS) is 22.9. The number of aromatic hydroxyl groups is 1. The molecule has 4 N–H and O–H groups in total. The lowest BCUT2D eigenvalue weighted by Crippen LogP contribution is -2.13. The fraction of sp³-hybridized carbons (Fsp3) is 0.455. The third-order valence-electron chi connectivity index (χ3n) is 2.71. The summed E-state index contributed by atoms with van der Waals surface area (Å²) < 4.78 is 0. The molecule has 1 fully saturated rings. The highest BCUT2D eigenvalue weighted by atomic mass is 32.2. The Morgan fingerprint density at radius 2 is 2.27 bits per heavy atom. The predicted molar refractivity (Wildman–Crippen MR) is 63.0 cm³/mol. The second kappa shape index (κ2) is 4.33. The molecule has 1 aliphatic heterocycles. The molecule has 2 atom stereocenters. The summed E-state index contributed by atoms with van der Waals surface area (Å²) in [5, 5.41) is 19.7. The molecular formula is C11H15NO2S. The van der Waals surface area contributed by atoms with Crippen LogP contribution in [0.3, 0.4) is 0 Å². The molecular weight excluding hydrogens is 210 g/mol. The molecule has 1 aliphatic rings. The maximum Gasteiger partial charge on any atom is 0.116 e. The summed E-state index contributed by atoms with van der Waals surface area (Å²) in [5.41, 5.74) is 6.97. The van der Waals surface area contributed by atoms with Gasteiger partial charge in [0.05, 0.1) is 6.10 Å². The summed E-state index contributed by atoms with van der Waals surface area (Å²) in [7, 11) is 0. The number of aliphatic hydroxyl groups is 1. The number of phenols is 1. The zero-order chi connectivity index (χ0) is 10.8. The minimum atomic E-state index is -0.565. The number of anilines is 1. The standard InChI is InChI=1S/C11H15NO2S/c12-9-4-3-7(13)6-8(9)11(14)10-2-1-5-15-10/h3-4,6,10-11,13-14H,1-2,5,12H2. The molecule has 82 valence electrons. The van der Waals surface area contributed by atoms with Crippen molar-refractivity contribution < 1.29 is 10.2 Å². The molecule has 3 nitrogen and oxygen atoms in total. The summed E-state index contributed by atoms with van der Waals surface area (Å²) in [5.74, 6) is 1.25. The van der Waals surface area contributed by atoms with Crippen LogP contribution in [-0.4, -0.2) is 21.2 Å². The van der Waals surface area contributed by atoms with E-state index in [1.54, 1.807) is 23.9 Å². The minimum absolute atomic E-state index is 0.154. The van der Waals surface area contributed by atoms with Crippen molar-refractivity contribution in [1.29, 1.82) is 0 Å². The van der Waals surface area contributed by atoms with E-state index in [1.807, 2.05) is 0 Å². The molecule has 1 saturated heterocycles. The minimum Gasteiger partial charge on any atom is -0.508 e. The van der Waals surface area contributed by atoms with Gasteiger partial charge >= 0.3 is 0 Å². The number of benzene rings is 1. The highest BCUT2D eigenvalue weighted by molar-refractivity contribution is 8.00. The highest BCUT2D eigenvalue weighted by Crippen LogP contribution is 2.38. The number of phenolic OH excluding ortho intramolecular Hbond substituents is 1. The molecule has 0 saturated carbocycles. The topological polar surface area (TPSA) is 66.5 Å². The van der Waals surface area contributed by atoms with E-state index >= 15 is 0 Å². The zero-order valence-corrected chi connectivity index (χ0v) is 9.20. The van der Waals surface area contributed by atoms with Crippen LogP contribution in [0.15, 0.2) is 18.2 Å². The third-order valence-corrected chi connectivity index (χ3v) is 4.15. The SMILES string of the molecule is Nc1ccc(O)cc1C(O)C1CCCS1. The molecule has 2 rings (SSSR count). The van der Waals surface area contributed by atoms with Crippen molar-refractivity contribution in [3.05, 3.63) is 23.8 Å². The van der Waals surface area contributed by atoms with E-state index in [0.29, 0.717) is 11.3 Å². The van der Waals surface area contributed by atoms with E-state index in [0.717, 1.165) is 18.6 Å². The average molecular weight is 225 g/mol. The van der Waals surface area contributed by atoms with Gasteiger partial charge in [-0.05, 0) is 36.8 Å². The summed E-state index contributed by atoms with van der Waals surface area (Å²) in [6.07, 6.45) is 1.59. The summed E-state index contributed by atoms with van der Waals surface area (Å²) in [4.78, 5) is 0. The quantitative estimate of drug-likeness (QED) is 0.531. The summed E-state index contributed by atoms with van der Waals surface area (Å²) in [6.45, 7) is 0. The van der Waals surface area contributed by atoms with Crippen molar-refractivity contribution in [1.82, 2.24) is 0 Å². The van der Waals surface area contributed by atoms with Crippen molar-refractivity contribution in [3.8, 4) is 5.75 Å². The Morgan fingerprint density at radius 3 is 2.93 bits per heavy atom. The molecule has 0 radical (unpaired) electrons. The highest BCUT2D eigenvalue weighted by Gasteiger charge is 2.26. The third kappa shape index (κ3) is 2.21. The summed E-state index contributed by atoms with van der Waals surface area (Å²) in [6, 6.07) is 4.72. The summed E-state index contributed by atoms with van der Waals surface area (Å²) >= 11 is 1.77. The number of nitrogens with two attached hydrogens (primary N) is 1. The molecule has 1 heterocycles. The Labute approximate surface area is 93.3 Å². The van der Waals surface area contributed by atoms with Gasteiger partial charge in [0.25, 0.3) is 0 Å². The van der Waals surface area contributed by atoms with Gasteiger partial charge in [-0.3, -0.25) is 0 Å². The smallest absolute Gasteiger partial charge is 0.116 e. The lowest BCUT2D eigenvalue weighted by atomic mass is 10.0. The average Bonchev–Trinajstić information content (AvgIpc) is 2.74. The number of nitrogen functional groups attached to an aromatic ring is 1. The Hall–Kier alpha value is -0.870. The van der Waals surface area contributed by atoms with Crippen molar-refractivity contribution in [2.45, 2.75) is 24.2 Å². The molecule has 1 aromatic rings. The van der Waals surface area contributed by atoms with E-state index in [2.05, 4.69) is 0 Å². The van der Waals surface area contributed by atoms with Crippen LogP contribution < -0.4 is 5.73 Å². The van der Waals surface area contributed by atoms with Crippen LogP contribution >= 0.6 is 11.8 Å². The Balaban J connectivity index is 2.23. The zero-order valence-electron chi connectivity index (χ0n) is 8.39. The van der Waals surface area contributed by atoms with Crippen LogP contribution in [0.4, 0.5) is 5.69 Å². The van der Waals surface area contributed by atoms with E-state index in [-0.39, 0.29) is 11.0 Å². The fourth-order valence-electron chi connectivity index (χ4n) is 1.87. The van der Waals surface area contributed by atoms with Crippen molar-refractivity contribution in [2.75, 3.05) is 11.5 Å². The second-order valence-electron chi connectivity index (χ2n) is 3.81. The Kier molecular flexibility index (Phi) is 3.07. The Morgan fingerprint density at radius 1 is 1.47 bits per heavy atom. The predicted octanol–water partition coefficient (Wildman–Crippen LogP) is 1.90. The van der Waals surface area contributed by atoms with E-state index in [1.165, 1.54) is 6.07 Å². The van der Waals surface area contributed by atoms with E-state index < -0.39 is 6.10 Å². The van der Waals surface area contributed by atoms with Crippen molar-refractivity contribution >= 4 is 17.4 Å². The van der Waals surface area contributed by atoms with E-state index in [4.69, 9.17) is 5.73 Å². The molecule has 0 amide bonds. The van der Waals surface area contributed by atoms with Gasteiger partial charge in [0.2, 0.25) is 0 Å². The molecule has 0 spiro atoms. The molecule has 2 unspecified atom stereocenters. The van der Waals surface area contributed by atoms with Gasteiger partial charge in [-0.1, -0.05) is 0 Å². The molecule has 15 heavy (non-hydrogen) atoms. The fourth-order valence-corrected chi connectivity index (χ4v) is 3.17. The number of hydrogen-bond donors (Lipinski definition) is 3. The van der Waals surface area contributed by atoms with Gasteiger partial charge in [0, 0.05) is 16.5 Å². The Bertz CT molecular complexity index is 350. The van der Waals surface area contributed by atoms with Gasteiger partial charge in [-0.2, -0.15) is 11.8 Å². The van der Waals surface area contributed by atoms with Crippen LogP contribution in [0.5, 0.6) is 5.75 Å². The van der Waals surface area contributed by atoms with Crippen molar-refractivity contribution in [3.63, 3.8) is 0 Å². The van der Waals surface area contributed by atoms with Crippen LogP contribution in [0, 0.1) is 0 Å². The number of thioether (sulfide) groups is 1. The van der Waals surface area contributed by atoms with Crippen molar-refractivity contribution in [2.24, 2.45) is 0 Å². The number of aliphatic hydroxyl groups excluding tert-OH is 1. The van der Waals surface area contributed by atoms with Gasteiger partial charge in [-0.15, -0.1) is 0 Å². The monoisotopic (exact) mass is 225 g/mol. The maximum atomic E-state index is 10.1.